The van der Waals surface area contributed by atoms with Crippen molar-refractivity contribution in [2.24, 2.45) is 0 Å². The summed E-state index contributed by atoms with van der Waals surface area (Å²) in [6.45, 7) is 0. The van der Waals surface area contributed by atoms with E-state index in [0.717, 1.165) is 99.5 Å². The molecule has 3 aromatic heterocycles. The maximum absolute atomic E-state index is 7.07. The molecule has 0 N–H and O–H groups in total. The van der Waals surface area contributed by atoms with Gasteiger partial charge in [0.15, 0.2) is 23.1 Å². The van der Waals surface area contributed by atoms with Gasteiger partial charge in [0.05, 0.1) is 16.7 Å². The molecule has 12 aromatic rings. The zero-order chi connectivity index (χ0) is 41.0. The van der Waals surface area contributed by atoms with E-state index in [1.54, 1.807) is 0 Å². The highest BCUT2D eigenvalue weighted by Crippen LogP contribution is 2.44. The molecule has 62 heavy (non-hydrogen) atoms. The summed E-state index contributed by atoms with van der Waals surface area (Å²) in [7, 11) is 0. The molecule has 0 spiro atoms. The summed E-state index contributed by atoms with van der Waals surface area (Å²) in [5.74, 6) is 1.77. The lowest BCUT2D eigenvalue weighted by Crippen LogP contribution is -2.03. The zero-order valence-corrected chi connectivity index (χ0v) is 33.5. The van der Waals surface area contributed by atoms with Crippen LogP contribution < -0.4 is 0 Å². The number of rotatable bonds is 7. The van der Waals surface area contributed by atoms with E-state index >= 15 is 0 Å². The fourth-order valence-corrected chi connectivity index (χ4v) is 8.92. The first-order chi connectivity index (χ1) is 30.7. The highest BCUT2D eigenvalue weighted by Gasteiger charge is 2.23. The summed E-state index contributed by atoms with van der Waals surface area (Å²) in [5.41, 5.74) is 14.1. The Balaban J connectivity index is 1.09. The van der Waals surface area contributed by atoms with Crippen LogP contribution in [0.15, 0.2) is 223 Å². The van der Waals surface area contributed by atoms with Gasteiger partial charge in [0.2, 0.25) is 0 Å². The van der Waals surface area contributed by atoms with Crippen molar-refractivity contribution in [2.45, 2.75) is 0 Å². The van der Waals surface area contributed by atoms with E-state index in [4.69, 9.17) is 19.4 Å². The van der Waals surface area contributed by atoms with Crippen LogP contribution in [0.4, 0.5) is 0 Å². The van der Waals surface area contributed by atoms with Gasteiger partial charge < -0.3 is 8.98 Å². The fraction of sp³-hybridized carbons (Fsp3) is 0. The van der Waals surface area contributed by atoms with Crippen molar-refractivity contribution in [3.05, 3.63) is 218 Å². The number of aromatic nitrogens is 4. The average molecular weight is 793 g/mol. The molecule has 0 aliphatic heterocycles. The molecule has 0 aliphatic rings. The second-order valence-electron chi connectivity index (χ2n) is 15.6. The number of para-hydroxylation sites is 3. The van der Waals surface area contributed by atoms with Crippen LogP contribution in [0.25, 0.3) is 117 Å². The van der Waals surface area contributed by atoms with E-state index in [1.165, 1.54) is 0 Å². The topological polar surface area (TPSA) is 56.7 Å². The third kappa shape index (κ3) is 5.98. The minimum absolute atomic E-state index is 0.576. The summed E-state index contributed by atoms with van der Waals surface area (Å²) in [6.07, 6.45) is 0. The Morgan fingerprint density at radius 2 is 0.806 bits per heavy atom. The summed E-state index contributed by atoms with van der Waals surface area (Å²) < 4.78 is 9.40. The molecule has 0 aliphatic carbocycles. The molecule has 0 atom stereocenters. The predicted molar refractivity (Wildman–Crippen MR) is 254 cm³/mol. The molecule has 0 saturated carbocycles. The van der Waals surface area contributed by atoms with Gasteiger partial charge in [-0.2, -0.15) is 0 Å². The van der Waals surface area contributed by atoms with Crippen molar-refractivity contribution in [3.8, 4) is 73.2 Å². The molecule has 9 aromatic carbocycles. The van der Waals surface area contributed by atoms with Gasteiger partial charge in [-0.05, 0) is 58.1 Å². The lowest BCUT2D eigenvalue weighted by molar-refractivity contribution is 0.672. The molecule has 5 nitrogen and oxygen atoms in total. The number of fused-ring (bicyclic) bond motifs is 7. The zero-order valence-electron chi connectivity index (χ0n) is 33.5. The molecular formula is C57H36N4O. The van der Waals surface area contributed by atoms with Gasteiger partial charge in [-0.3, -0.25) is 0 Å². The number of nitrogens with zero attached hydrogens (tertiary/aromatic N) is 4. The number of hydrogen-bond acceptors (Lipinski definition) is 4. The number of hydrogen-bond donors (Lipinski definition) is 0. The van der Waals surface area contributed by atoms with Crippen LogP contribution in [0.5, 0.6) is 0 Å². The highest BCUT2D eigenvalue weighted by atomic mass is 16.3. The van der Waals surface area contributed by atoms with Crippen LogP contribution >= 0.6 is 0 Å². The first kappa shape index (κ1) is 35.5. The van der Waals surface area contributed by atoms with Gasteiger partial charge in [-0.25, -0.2) is 15.0 Å². The molecule has 0 bridgehead atoms. The van der Waals surface area contributed by atoms with Gasteiger partial charge in [0.25, 0.3) is 0 Å². The predicted octanol–water partition coefficient (Wildman–Crippen LogP) is 14.9. The van der Waals surface area contributed by atoms with Gasteiger partial charge in [0, 0.05) is 43.8 Å². The van der Waals surface area contributed by atoms with E-state index < -0.39 is 0 Å². The largest absolute Gasteiger partial charge is 0.453 e. The Kier molecular flexibility index (Phi) is 8.42. The summed E-state index contributed by atoms with van der Waals surface area (Å²) in [4.78, 5) is 15.8. The first-order valence-corrected chi connectivity index (χ1v) is 20.9. The van der Waals surface area contributed by atoms with Crippen molar-refractivity contribution in [1.82, 2.24) is 19.5 Å². The van der Waals surface area contributed by atoms with Crippen LogP contribution in [0, 0.1) is 0 Å². The smallest absolute Gasteiger partial charge is 0.166 e. The summed E-state index contributed by atoms with van der Waals surface area (Å²) in [6, 6.07) is 76.1. The Labute approximate surface area is 357 Å². The molecule has 290 valence electrons. The van der Waals surface area contributed by atoms with Gasteiger partial charge >= 0.3 is 0 Å². The van der Waals surface area contributed by atoms with E-state index in [9.17, 15) is 0 Å². The maximum atomic E-state index is 7.07. The Morgan fingerprint density at radius 3 is 1.58 bits per heavy atom. The number of benzene rings is 9. The monoisotopic (exact) mass is 792 g/mol. The molecule has 12 rings (SSSR count). The van der Waals surface area contributed by atoms with Gasteiger partial charge in [0.1, 0.15) is 5.58 Å². The molecule has 0 fully saturated rings. The molecular weight excluding hydrogens is 757 g/mol. The van der Waals surface area contributed by atoms with Crippen LogP contribution in [0.2, 0.25) is 0 Å². The minimum Gasteiger partial charge on any atom is -0.453 e. The Bertz CT molecular complexity index is 3610. The lowest BCUT2D eigenvalue weighted by Gasteiger charge is -2.15. The van der Waals surface area contributed by atoms with Gasteiger partial charge in [-0.15, -0.1) is 0 Å². The van der Waals surface area contributed by atoms with E-state index in [1.807, 2.05) is 18.2 Å². The van der Waals surface area contributed by atoms with Crippen LogP contribution in [0.1, 0.15) is 0 Å². The second kappa shape index (κ2) is 14.7. The lowest BCUT2D eigenvalue weighted by atomic mass is 10.0. The summed E-state index contributed by atoms with van der Waals surface area (Å²) >= 11 is 0. The fourth-order valence-electron chi connectivity index (χ4n) is 8.92. The average Bonchev–Trinajstić information content (AvgIpc) is 3.91. The third-order valence-corrected chi connectivity index (χ3v) is 11.9. The number of furan rings is 1. The van der Waals surface area contributed by atoms with E-state index in [0.29, 0.717) is 17.5 Å². The van der Waals surface area contributed by atoms with Crippen molar-refractivity contribution in [1.29, 1.82) is 0 Å². The van der Waals surface area contributed by atoms with E-state index in [-0.39, 0.29) is 0 Å². The standard InChI is InChI=1S/C57H36N4O/c1-4-16-37(17-5-1)39-30-32-41(33-31-39)55-58-56(43-23-14-22-42(36-43)38-18-6-2-7-19-38)60-57(59-55)49-25-11-13-29-51(49)61-50-28-12-10-24-45(50)46-34-35-48-47-27-15-26-44(40-20-8-3-9-21-40)53(47)62-54(48)52(46)61/h1-36H. The molecule has 0 radical (unpaired) electrons. The molecule has 0 saturated heterocycles. The van der Waals surface area contributed by atoms with Crippen LogP contribution in [-0.2, 0) is 0 Å². The molecule has 0 amide bonds. The Hall–Kier alpha value is -8.41. The first-order valence-electron chi connectivity index (χ1n) is 20.9. The Morgan fingerprint density at radius 1 is 0.306 bits per heavy atom. The van der Waals surface area contributed by atoms with Crippen LogP contribution in [-0.4, -0.2) is 19.5 Å². The van der Waals surface area contributed by atoms with Crippen molar-refractivity contribution < 1.29 is 4.42 Å². The van der Waals surface area contributed by atoms with Crippen LogP contribution in [0.3, 0.4) is 0 Å². The second-order valence-corrected chi connectivity index (χ2v) is 15.6. The quantitative estimate of drug-likeness (QED) is 0.161. The van der Waals surface area contributed by atoms with E-state index in [2.05, 4.69) is 205 Å². The highest BCUT2D eigenvalue weighted by molar-refractivity contribution is 6.22. The van der Waals surface area contributed by atoms with Crippen molar-refractivity contribution in [3.63, 3.8) is 0 Å². The summed E-state index contributed by atoms with van der Waals surface area (Å²) in [5, 5.41) is 4.39. The molecule has 3 heterocycles. The molecule has 5 heteroatoms. The minimum atomic E-state index is 0.576. The normalized spacial score (nSPS) is 11.5. The van der Waals surface area contributed by atoms with Gasteiger partial charge in [-0.1, -0.05) is 188 Å². The maximum Gasteiger partial charge on any atom is 0.166 e. The third-order valence-electron chi connectivity index (χ3n) is 11.9. The molecule has 0 unspecified atom stereocenters. The van der Waals surface area contributed by atoms with Crippen molar-refractivity contribution in [2.75, 3.05) is 0 Å². The van der Waals surface area contributed by atoms with Crippen molar-refractivity contribution >= 4 is 43.7 Å². The SMILES string of the molecule is c1ccc(-c2ccc(-c3nc(-c4cccc(-c5ccccc5)c4)nc(-c4ccccc4-n4c5ccccc5c5ccc6c7cccc(-c8ccccc8)c7oc6c54)n3)cc2)cc1.